The summed E-state index contributed by atoms with van der Waals surface area (Å²) in [5, 5.41) is 21.7. The molecule has 0 spiro atoms. The predicted octanol–water partition coefficient (Wildman–Crippen LogP) is 3.87. The van der Waals surface area contributed by atoms with Gasteiger partial charge in [0.15, 0.2) is 5.72 Å². The Hall–Kier alpha value is -2.82. The van der Waals surface area contributed by atoms with E-state index < -0.39 is 17.5 Å². The molecule has 0 aromatic heterocycles. The number of nitrogens with zero attached hydrogens (tertiary/aromatic N) is 2. The molecule has 0 bridgehead atoms. The minimum absolute atomic E-state index is 0.00422. The van der Waals surface area contributed by atoms with Gasteiger partial charge in [-0.3, -0.25) is 9.69 Å². The standard InChI is InChI=1S/C22H19FN2O3S/c1-2-28-17-8-6-15(7-9-17)22(27)13-29-21-19(12-24)18(11-20(26)25(21)22)14-4-3-5-16(23)10-14/h3-10,18,27H,2,11,13H2,1H3/t18-,22+/m0/s1. The first-order valence-electron chi connectivity index (χ1n) is 9.29. The number of aliphatic hydroxyl groups is 1. The smallest absolute Gasteiger partial charge is 0.231 e. The molecule has 0 radical (unpaired) electrons. The molecule has 2 aromatic carbocycles. The van der Waals surface area contributed by atoms with E-state index >= 15 is 0 Å². The summed E-state index contributed by atoms with van der Waals surface area (Å²) in [4.78, 5) is 14.4. The fourth-order valence-corrected chi connectivity index (χ4v) is 5.19. The third-order valence-electron chi connectivity index (χ3n) is 5.19. The molecular formula is C22H19FN2O3S. The minimum Gasteiger partial charge on any atom is -0.494 e. The molecule has 1 saturated heterocycles. The molecule has 0 aliphatic carbocycles. The average molecular weight is 410 g/mol. The molecule has 29 heavy (non-hydrogen) atoms. The highest BCUT2D eigenvalue weighted by molar-refractivity contribution is 8.03. The maximum atomic E-state index is 13.7. The van der Waals surface area contributed by atoms with Crippen molar-refractivity contribution in [2.24, 2.45) is 0 Å². The van der Waals surface area contributed by atoms with Crippen LogP contribution in [-0.2, 0) is 10.5 Å². The van der Waals surface area contributed by atoms with E-state index in [2.05, 4.69) is 6.07 Å². The van der Waals surface area contributed by atoms with Crippen molar-refractivity contribution in [3.05, 3.63) is 76.1 Å². The molecule has 2 heterocycles. The number of allylic oxidation sites excluding steroid dienone is 1. The topological polar surface area (TPSA) is 73.6 Å². The van der Waals surface area contributed by atoms with Crippen molar-refractivity contribution in [3.63, 3.8) is 0 Å². The highest BCUT2D eigenvalue weighted by Gasteiger charge is 2.51. The van der Waals surface area contributed by atoms with Gasteiger partial charge in [0, 0.05) is 17.9 Å². The third kappa shape index (κ3) is 3.28. The summed E-state index contributed by atoms with van der Waals surface area (Å²) < 4.78 is 19.1. The zero-order valence-corrected chi connectivity index (χ0v) is 16.6. The number of thioether (sulfide) groups is 1. The van der Waals surface area contributed by atoms with Gasteiger partial charge in [-0.1, -0.05) is 24.3 Å². The van der Waals surface area contributed by atoms with Gasteiger partial charge in [-0.05, 0) is 36.8 Å². The van der Waals surface area contributed by atoms with Gasteiger partial charge in [-0.2, -0.15) is 5.26 Å². The zero-order chi connectivity index (χ0) is 20.6. The second-order valence-corrected chi connectivity index (χ2v) is 7.90. The molecule has 2 aliphatic rings. The van der Waals surface area contributed by atoms with Crippen molar-refractivity contribution < 1.29 is 19.0 Å². The highest BCUT2D eigenvalue weighted by atomic mass is 32.2. The lowest BCUT2D eigenvalue weighted by atomic mass is 9.85. The van der Waals surface area contributed by atoms with Crippen LogP contribution in [-0.4, -0.2) is 28.3 Å². The summed E-state index contributed by atoms with van der Waals surface area (Å²) in [6, 6.07) is 15.1. The van der Waals surface area contributed by atoms with Gasteiger partial charge in [0.1, 0.15) is 11.6 Å². The monoisotopic (exact) mass is 410 g/mol. The van der Waals surface area contributed by atoms with Crippen molar-refractivity contribution in [2.75, 3.05) is 12.4 Å². The predicted molar refractivity (Wildman–Crippen MR) is 107 cm³/mol. The van der Waals surface area contributed by atoms with Gasteiger partial charge < -0.3 is 9.84 Å². The van der Waals surface area contributed by atoms with Gasteiger partial charge in [0.2, 0.25) is 5.91 Å². The number of amides is 1. The molecule has 2 aromatic rings. The minimum atomic E-state index is -1.54. The Morgan fingerprint density at radius 1 is 1.34 bits per heavy atom. The fourth-order valence-electron chi connectivity index (χ4n) is 3.83. The molecule has 0 unspecified atom stereocenters. The Morgan fingerprint density at radius 3 is 2.76 bits per heavy atom. The summed E-state index contributed by atoms with van der Waals surface area (Å²) in [6.45, 7) is 2.42. The summed E-state index contributed by atoms with van der Waals surface area (Å²) in [7, 11) is 0. The van der Waals surface area contributed by atoms with Crippen LogP contribution in [0.1, 0.15) is 30.4 Å². The summed E-state index contributed by atoms with van der Waals surface area (Å²) in [5.41, 5.74) is -0.0314. The number of halogens is 1. The third-order valence-corrected chi connectivity index (χ3v) is 6.41. The molecule has 1 N–H and O–H groups in total. The second-order valence-electron chi connectivity index (χ2n) is 6.93. The van der Waals surface area contributed by atoms with Crippen LogP contribution >= 0.6 is 11.8 Å². The van der Waals surface area contributed by atoms with Crippen molar-refractivity contribution >= 4 is 17.7 Å². The first kappa shape index (κ1) is 19.5. The van der Waals surface area contributed by atoms with Crippen LogP contribution in [0.2, 0.25) is 0 Å². The van der Waals surface area contributed by atoms with Gasteiger partial charge in [-0.25, -0.2) is 4.39 Å². The maximum Gasteiger partial charge on any atom is 0.231 e. The number of benzene rings is 2. The molecule has 5 nitrogen and oxygen atoms in total. The van der Waals surface area contributed by atoms with Crippen LogP contribution in [0.5, 0.6) is 5.75 Å². The van der Waals surface area contributed by atoms with E-state index in [-0.39, 0.29) is 18.1 Å². The van der Waals surface area contributed by atoms with E-state index in [0.29, 0.717) is 34.1 Å². The fraction of sp³-hybridized carbons (Fsp3) is 0.273. The summed E-state index contributed by atoms with van der Waals surface area (Å²) >= 11 is 1.27. The molecule has 1 amide bonds. The van der Waals surface area contributed by atoms with Crippen molar-refractivity contribution in [1.82, 2.24) is 4.90 Å². The molecule has 4 rings (SSSR count). The number of nitriles is 1. The molecular weight excluding hydrogens is 391 g/mol. The SMILES string of the molecule is CCOc1ccc([C@]2(O)CSC3=C(C#N)[C@H](c4cccc(F)c4)CC(=O)N32)cc1. The Balaban J connectivity index is 1.75. The number of hydrogen-bond donors (Lipinski definition) is 1. The van der Waals surface area contributed by atoms with E-state index in [9.17, 15) is 19.6 Å². The van der Waals surface area contributed by atoms with E-state index in [1.807, 2.05) is 6.92 Å². The number of ether oxygens (including phenoxy) is 1. The first-order valence-corrected chi connectivity index (χ1v) is 10.3. The Morgan fingerprint density at radius 2 is 2.10 bits per heavy atom. The van der Waals surface area contributed by atoms with Crippen LogP contribution in [0.15, 0.2) is 59.1 Å². The lowest BCUT2D eigenvalue weighted by molar-refractivity contribution is -0.149. The highest BCUT2D eigenvalue weighted by Crippen LogP contribution is 2.51. The van der Waals surface area contributed by atoms with Gasteiger partial charge in [0.05, 0.1) is 29.0 Å². The average Bonchev–Trinajstić information content (AvgIpc) is 3.08. The number of carbonyl (C=O) groups excluding carboxylic acids is 1. The van der Waals surface area contributed by atoms with Crippen LogP contribution in [0, 0.1) is 17.1 Å². The molecule has 2 aliphatic heterocycles. The van der Waals surface area contributed by atoms with E-state index in [4.69, 9.17) is 4.74 Å². The normalized spacial score (nSPS) is 23.7. The number of rotatable bonds is 4. The summed E-state index contributed by atoms with van der Waals surface area (Å²) in [6.07, 6.45) is -0.00422. The zero-order valence-electron chi connectivity index (χ0n) is 15.8. The first-order chi connectivity index (χ1) is 14.0. The van der Waals surface area contributed by atoms with Crippen LogP contribution in [0.3, 0.4) is 0 Å². The number of carbonyl (C=O) groups is 1. The van der Waals surface area contributed by atoms with Crippen LogP contribution in [0.25, 0.3) is 0 Å². The second kappa shape index (κ2) is 7.54. The van der Waals surface area contributed by atoms with Crippen LogP contribution < -0.4 is 4.74 Å². The summed E-state index contributed by atoms with van der Waals surface area (Å²) in [5.74, 6) is -0.345. The van der Waals surface area contributed by atoms with Gasteiger partial charge >= 0.3 is 0 Å². The van der Waals surface area contributed by atoms with Crippen molar-refractivity contribution in [3.8, 4) is 11.8 Å². The maximum absolute atomic E-state index is 13.7. The van der Waals surface area contributed by atoms with Gasteiger partial charge in [-0.15, -0.1) is 11.8 Å². The number of hydrogen-bond acceptors (Lipinski definition) is 5. The van der Waals surface area contributed by atoms with Crippen molar-refractivity contribution in [2.45, 2.75) is 25.0 Å². The molecule has 1 fully saturated rings. The lowest BCUT2D eigenvalue weighted by Crippen LogP contribution is -2.48. The van der Waals surface area contributed by atoms with E-state index in [0.717, 1.165) is 0 Å². The quantitative estimate of drug-likeness (QED) is 0.828. The lowest BCUT2D eigenvalue weighted by Gasteiger charge is -2.38. The molecule has 148 valence electrons. The Labute approximate surface area is 172 Å². The van der Waals surface area contributed by atoms with E-state index in [1.165, 1.54) is 28.8 Å². The molecule has 7 heteroatoms. The van der Waals surface area contributed by atoms with Crippen molar-refractivity contribution in [1.29, 1.82) is 5.26 Å². The van der Waals surface area contributed by atoms with Crippen LogP contribution in [0.4, 0.5) is 4.39 Å². The molecule has 2 atom stereocenters. The number of fused-ring (bicyclic) bond motifs is 1. The molecule has 0 saturated carbocycles. The Bertz CT molecular complexity index is 1030. The largest absolute Gasteiger partial charge is 0.494 e. The Kier molecular flexibility index (Phi) is 5.07. The van der Waals surface area contributed by atoms with E-state index in [1.54, 1.807) is 36.4 Å². The van der Waals surface area contributed by atoms with Gasteiger partial charge in [0.25, 0.3) is 0 Å².